The molecule has 2 N–H and O–H groups in total. The monoisotopic (exact) mass is 296 g/mol. The van der Waals surface area contributed by atoms with E-state index in [9.17, 15) is 8.42 Å². The van der Waals surface area contributed by atoms with Gasteiger partial charge in [-0.25, -0.2) is 8.42 Å². The lowest BCUT2D eigenvalue weighted by Crippen LogP contribution is -2.35. The minimum atomic E-state index is -3.28. The van der Waals surface area contributed by atoms with Gasteiger partial charge in [0, 0.05) is 0 Å². The van der Waals surface area contributed by atoms with E-state index >= 15 is 0 Å². The van der Waals surface area contributed by atoms with Gasteiger partial charge in [0.15, 0.2) is 0 Å². The van der Waals surface area contributed by atoms with Crippen LogP contribution in [0.15, 0.2) is 18.2 Å². The predicted molar refractivity (Wildman–Crippen MR) is 83.6 cm³/mol. The Labute approximate surface area is 122 Å². The van der Waals surface area contributed by atoms with E-state index in [1.165, 1.54) is 0 Å². The Morgan fingerprint density at radius 2 is 2.20 bits per heavy atom. The number of benzene rings is 1. The van der Waals surface area contributed by atoms with E-state index in [0.717, 1.165) is 49.2 Å². The summed E-state index contributed by atoms with van der Waals surface area (Å²) in [5.74, 6) is 0.424. The maximum Gasteiger partial charge on any atom is 0.233 e. The van der Waals surface area contributed by atoms with E-state index in [4.69, 9.17) is 0 Å². The fourth-order valence-corrected chi connectivity index (χ4v) is 4.33. The van der Waals surface area contributed by atoms with E-state index in [1.807, 2.05) is 32.0 Å². The van der Waals surface area contributed by atoms with Crippen LogP contribution in [-0.2, 0) is 16.4 Å². The maximum atomic E-state index is 12.3. The van der Waals surface area contributed by atoms with Crippen LogP contribution in [-0.4, -0.2) is 27.3 Å². The highest BCUT2D eigenvalue weighted by atomic mass is 32.2. The number of para-hydroxylation sites is 1. The van der Waals surface area contributed by atoms with Crippen LogP contribution in [0.1, 0.15) is 30.9 Å². The lowest BCUT2D eigenvalue weighted by molar-refractivity contribution is 0.404. The number of aryl methyl sites for hydroxylation is 2. The molecule has 20 heavy (non-hydrogen) atoms. The van der Waals surface area contributed by atoms with Gasteiger partial charge in [-0.1, -0.05) is 25.1 Å². The van der Waals surface area contributed by atoms with E-state index < -0.39 is 10.0 Å². The first kappa shape index (κ1) is 15.3. The number of hydrogen-bond acceptors (Lipinski definition) is 3. The molecule has 0 amide bonds. The minimum Gasteiger partial charge on any atom is -0.316 e. The molecule has 2 rings (SSSR count). The third kappa shape index (κ3) is 3.96. The van der Waals surface area contributed by atoms with Gasteiger partial charge in [0.2, 0.25) is 10.0 Å². The number of hydrogen-bond donors (Lipinski definition) is 2. The highest BCUT2D eigenvalue weighted by Crippen LogP contribution is 2.23. The Morgan fingerprint density at radius 1 is 1.40 bits per heavy atom. The Bertz CT molecular complexity index is 549. The second-order valence-electron chi connectivity index (χ2n) is 5.56. The van der Waals surface area contributed by atoms with Gasteiger partial charge in [-0.05, 0) is 56.3 Å². The summed E-state index contributed by atoms with van der Waals surface area (Å²) >= 11 is 0. The summed E-state index contributed by atoms with van der Waals surface area (Å²) in [5, 5.41) is 3.26. The quantitative estimate of drug-likeness (QED) is 0.876. The molecule has 1 aliphatic heterocycles. The number of sulfonamides is 1. The van der Waals surface area contributed by atoms with Crippen molar-refractivity contribution >= 4 is 15.7 Å². The lowest BCUT2D eigenvalue weighted by Gasteiger charge is -2.23. The van der Waals surface area contributed by atoms with Gasteiger partial charge < -0.3 is 5.32 Å². The molecule has 1 saturated heterocycles. The first-order chi connectivity index (χ1) is 9.52. The minimum absolute atomic E-state index is 0.206. The third-order valence-electron chi connectivity index (χ3n) is 3.85. The van der Waals surface area contributed by atoms with Crippen molar-refractivity contribution in [3.63, 3.8) is 0 Å². The zero-order chi connectivity index (χ0) is 14.6. The van der Waals surface area contributed by atoms with Crippen molar-refractivity contribution in [2.24, 2.45) is 5.92 Å². The summed E-state index contributed by atoms with van der Waals surface area (Å²) < 4.78 is 27.5. The van der Waals surface area contributed by atoms with E-state index in [2.05, 4.69) is 10.0 Å². The summed E-state index contributed by atoms with van der Waals surface area (Å²) in [7, 11) is -3.28. The van der Waals surface area contributed by atoms with E-state index in [1.54, 1.807) is 0 Å². The van der Waals surface area contributed by atoms with Crippen LogP contribution in [0.25, 0.3) is 0 Å². The van der Waals surface area contributed by atoms with Crippen molar-refractivity contribution in [3.05, 3.63) is 29.3 Å². The highest BCUT2D eigenvalue weighted by molar-refractivity contribution is 7.92. The second-order valence-corrected chi connectivity index (χ2v) is 7.33. The van der Waals surface area contributed by atoms with Gasteiger partial charge in [-0.15, -0.1) is 0 Å². The van der Waals surface area contributed by atoms with Gasteiger partial charge in [-0.2, -0.15) is 0 Å². The Balaban J connectivity index is 2.11. The maximum absolute atomic E-state index is 12.3. The van der Waals surface area contributed by atoms with Gasteiger partial charge in [0.25, 0.3) is 0 Å². The molecule has 4 nitrogen and oxygen atoms in total. The molecular weight excluding hydrogens is 272 g/mol. The Kier molecular flexibility index (Phi) is 5.05. The molecule has 1 atom stereocenters. The van der Waals surface area contributed by atoms with Crippen LogP contribution in [0.5, 0.6) is 0 Å². The van der Waals surface area contributed by atoms with Crippen molar-refractivity contribution in [1.82, 2.24) is 5.32 Å². The molecule has 1 heterocycles. The molecule has 5 heteroatoms. The van der Waals surface area contributed by atoms with E-state index in [-0.39, 0.29) is 11.7 Å². The number of anilines is 1. The normalized spacial score (nSPS) is 19.8. The van der Waals surface area contributed by atoms with Crippen molar-refractivity contribution < 1.29 is 8.42 Å². The lowest BCUT2D eigenvalue weighted by atomic mass is 10.0. The summed E-state index contributed by atoms with van der Waals surface area (Å²) in [6.07, 6.45) is 2.87. The molecule has 0 aliphatic carbocycles. The van der Waals surface area contributed by atoms with Gasteiger partial charge in [0.1, 0.15) is 0 Å². The second kappa shape index (κ2) is 6.59. The molecule has 0 saturated carbocycles. The Morgan fingerprint density at radius 3 is 2.85 bits per heavy atom. The van der Waals surface area contributed by atoms with Crippen molar-refractivity contribution in [1.29, 1.82) is 0 Å². The molecule has 0 aromatic heterocycles. The summed E-state index contributed by atoms with van der Waals surface area (Å²) in [6.45, 7) is 5.79. The van der Waals surface area contributed by atoms with Crippen LogP contribution in [0.2, 0.25) is 0 Å². The topological polar surface area (TPSA) is 58.2 Å². The van der Waals surface area contributed by atoms with Crippen molar-refractivity contribution in [3.8, 4) is 0 Å². The van der Waals surface area contributed by atoms with Gasteiger partial charge in [0.05, 0.1) is 11.4 Å². The Hall–Kier alpha value is -1.07. The molecular formula is C15H24N2O2S. The van der Waals surface area contributed by atoms with Crippen LogP contribution in [0.4, 0.5) is 5.69 Å². The molecule has 1 aliphatic rings. The molecule has 0 radical (unpaired) electrons. The smallest absolute Gasteiger partial charge is 0.233 e. The average molecular weight is 296 g/mol. The molecule has 0 spiro atoms. The van der Waals surface area contributed by atoms with Gasteiger partial charge in [-0.3, -0.25) is 4.72 Å². The van der Waals surface area contributed by atoms with Crippen LogP contribution < -0.4 is 10.0 Å². The SMILES string of the molecule is CCc1cccc(C)c1NS(=O)(=O)CC1CCCNC1. The number of rotatable bonds is 5. The zero-order valence-electron chi connectivity index (χ0n) is 12.3. The predicted octanol–water partition coefficient (Wildman–Crippen LogP) is 2.30. The first-order valence-electron chi connectivity index (χ1n) is 7.31. The van der Waals surface area contributed by atoms with Crippen LogP contribution >= 0.6 is 0 Å². The number of nitrogens with one attached hydrogen (secondary N) is 2. The average Bonchev–Trinajstić information content (AvgIpc) is 2.41. The molecule has 0 bridgehead atoms. The van der Waals surface area contributed by atoms with Gasteiger partial charge >= 0.3 is 0 Å². The van der Waals surface area contributed by atoms with E-state index in [0.29, 0.717) is 0 Å². The van der Waals surface area contributed by atoms with Crippen molar-refractivity contribution in [2.75, 3.05) is 23.6 Å². The summed E-state index contributed by atoms with van der Waals surface area (Å²) in [6, 6.07) is 5.89. The third-order valence-corrected chi connectivity index (χ3v) is 5.28. The summed E-state index contributed by atoms with van der Waals surface area (Å²) in [4.78, 5) is 0. The zero-order valence-corrected chi connectivity index (χ0v) is 13.1. The van der Waals surface area contributed by atoms with Crippen LogP contribution in [0.3, 0.4) is 0 Å². The molecule has 1 unspecified atom stereocenters. The first-order valence-corrected chi connectivity index (χ1v) is 8.96. The van der Waals surface area contributed by atoms with Crippen molar-refractivity contribution in [2.45, 2.75) is 33.1 Å². The largest absolute Gasteiger partial charge is 0.316 e. The molecule has 1 aromatic rings. The number of piperidine rings is 1. The molecule has 112 valence electrons. The fraction of sp³-hybridized carbons (Fsp3) is 0.600. The highest BCUT2D eigenvalue weighted by Gasteiger charge is 2.22. The molecule has 1 fully saturated rings. The standard InChI is InChI=1S/C15H24N2O2S/c1-3-14-8-4-6-12(2)15(14)17-20(18,19)11-13-7-5-9-16-10-13/h4,6,8,13,16-17H,3,5,7,9-11H2,1-2H3. The summed E-state index contributed by atoms with van der Waals surface area (Å²) in [5.41, 5.74) is 2.80. The van der Waals surface area contributed by atoms with Crippen LogP contribution in [0, 0.1) is 12.8 Å². The fourth-order valence-electron chi connectivity index (χ4n) is 2.74. The molecule has 1 aromatic carbocycles.